The molecule has 0 unspecified atom stereocenters. The third kappa shape index (κ3) is 4.71. The molecule has 0 atom stereocenters. The van der Waals surface area contributed by atoms with Crippen LogP contribution in [0, 0.1) is 0 Å². The number of amides is 1. The van der Waals surface area contributed by atoms with Crippen molar-refractivity contribution in [1.29, 1.82) is 0 Å². The molecule has 0 bridgehead atoms. The maximum absolute atomic E-state index is 12.9. The number of nitrogens with zero attached hydrogens (tertiary/aromatic N) is 6. The van der Waals surface area contributed by atoms with E-state index in [0.717, 1.165) is 31.1 Å². The van der Waals surface area contributed by atoms with Crippen LogP contribution in [0.4, 0.5) is 17.6 Å². The number of hydrogen-bond donors (Lipinski definition) is 2. The smallest absolute Gasteiger partial charge is 0.270 e. The largest absolute Gasteiger partial charge is 0.343 e. The van der Waals surface area contributed by atoms with E-state index in [1.54, 1.807) is 43.4 Å². The van der Waals surface area contributed by atoms with Gasteiger partial charge in [0.15, 0.2) is 0 Å². The van der Waals surface area contributed by atoms with Crippen LogP contribution in [0.1, 0.15) is 42.2 Å². The second-order valence-electron chi connectivity index (χ2n) is 8.84. The van der Waals surface area contributed by atoms with Crippen LogP contribution in [0.5, 0.6) is 0 Å². The number of rotatable bonds is 7. The van der Waals surface area contributed by atoms with Crippen molar-refractivity contribution < 1.29 is 13.2 Å². The van der Waals surface area contributed by atoms with Gasteiger partial charge in [0.1, 0.15) is 11.3 Å². The maximum atomic E-state index is 12.9. The van der Waals surface area contributed by atoms with Crippen LogP contribution in [0.15, 0.2) is 59.9 Å². The van der Waals surface area contributed by atoms with Gasteiger partial charge in [0.2, 0.25) is 11.9 Å². The van der Waals surface area contributed by atoms with E-state index in [-0.39, 0.29) is 22.8 Å². The lowest BCUT2D eigenvalue weighted by Crippen LogP contribution is -2.25. The molecule has 11 nitrogen and oxygen atoms in total. The first-order chi connectivity index (χ1) is 17.3. The molecule has 36 heavy (non-hydrogen) atoms. The Hall–Kier alpha value is -4.06. The molecule has 0 aliphatic heterocycles. The van der Waals surface area contributed by atoms with Crippen LogP contribution in [0.2, 0.25) is 0 Å². The molecule has 1 aliphatic carbocycles. The average Bonchev–Trinajstić information content (AvgIpc) is 3.52. The van der Waals surface area contributed by atoms with E-state index in [0.29, 0.717) is 23.0 Å². The molecule has 0 radical (unpaired) electrons. The normalized spacial score (nSPS) is 14.2. The molecule has 1 saturated carbocycles. The van der Waals surface area contributed by atoms with Gasteiger partial charge in [0.05, 0.1) is 4.90 Å². The minimum Gasteiger partial charge on any atom is -0.343 e. The highest BCUT2D eigenvalue weighted by molar-refractivity contribution is 7.92. The molecule has 12 heteroatoms. The summed E-state index contributed by atoms with van der Waals surface area (Å²) in [6.07, 6.45) is 8.86. The number of nitrogens with one attached hydrogen (secondary N) is 2. The van der Waals surface area contributed by atoms with Crippen molar-refractivity contribution in [1.82, 2.24) is 29.4 Å². The molecular formula is C24H26N8O3S. The number of sulfonamides is 1. The Labute approximate surface area is 208 Å². The third-order valence-electron chi connectivity index (χ3n) is 6.10. The Morgan fingerprint density at radius 2 is 1.72 bits per heavy atom. The predicted molar refractivity (Wildman–Crippen MR) is 136 cm³/mol. The number of hydrogen-bond acceptors (Lipinski definition) is 8. The maximum Gasteiger partial charge on any atom is 0.270 e. The first-order valence-electron chi connectivity index (χ1n) is 11.6. The highest BCUT2D eigenvalue weighted by atomic mass is 32.2. The van der Waals surface area contributed by atoms with Gasteiger partial charge < -0.3 is 14.8 Å². The van der Waals surface area contributed by atoms with Gasteiger partial charge in [0, 0.05) is 49.8 Å². The van der Waals surface area contributed by atoms with Crippen LogP contribution >= 0.6 is 0 Å². The molecule has 4 aromatic rings. The zero-order valence-corrected chi connectivity index (χ0v) is 20.7. The molecule has 2 N–H and O–H groups in total. The number of aromatic nitrogens is 5. The third-order valence-corrected chi connectivity index (χ3v) is 7.45. The van der Waals surface area contributed by atoms with Crippen LogP contribution in [0.3, 0.4) is 0 Å². The van der Waals surface area contributed by atoms with Crippen molar-refractivity contribution in [2.24, 2.45) is 0 Å². The van der Waals surface area contributed by atoms with Crippen LogP contribution in [-0.4, -0.2) is 57.8 Å². The Morgan fingerprint density at radius 1 is 1.03 bits per heavy atom. The van der Waals surface area contributed by atoms with E-state index in [9.17, 15) is 13.2 Å². The summed E-state index contributed by atoms with van der Waals surface area (Å²) in [4.78, 5) is 31.4. The number of carbonyl (C=O) groups excluding carboxylic acids is 1. The minimum atomic E-state index is -3.83. The molecular weight excluding hydrogens is 480 g/mol. The predicted octanol–water partition coefficient (Wildman–Crippen LogP) is 3.58. The lowest BCUT2D eigenvalue weighted by Gasteiger charge is -2.19. The molecule has 186 valence electrons. The Balaban J connectivity index is 1.41. The molecule has 3 aromatic heterocycles. The van der Waals surface area contributed by atoms with Crippen LogP contribution in [0.25, 0.3) is 11.0 Å². The van der Waals surface area contributed by atoms with Gasteiger partial charge in [0.25, 0.3) is 15.9 Å². The van der Waals surface area contributed by atoms with Crippen molar-refractivity contribution in [3.8, 4) is 0 Å². The fourth-order valence-electron chi connectivity index (χ4n) is 4.37. The number of fused-ring (bicyclic) bond motifs is 1. The quantitative estimate of drug-likeness (QED) is 0.388. The summed E-state index contributed by atoms with van der Waals surface area (Å²) in [7, 11) is -0.353. The highest BCUT2D eigenvalue weighted by Crippen LogP contribution is 2.35. The number of carbonyl (C=O) groups is 1. The molecule has 3 heterocycles. The second kappa shape index (κ2) is 9.53. The average molecular weight is 507 g/mol. The summed E-state index contributed by atoms with van der Waals surface area (Å²) in [5.74, 6) is 0.287. The molecule has 5 rings (SSSR count). The van der Waals surface area contributed by atoms with Crippen LogP contribution < -0.4 is 10.0 Å². The lowest BCUT2D eigenvalue weighted by atomic mass is 10.2. The molecule has 1 amide bonds. The standard InChI is InChI=1S/C24H26N8O3S/c1-31(2)22(33)20-14-16-15-27-24(29-21(16)32(20)18-6-3-4-7-18)28-17-8-10-19(11-9-17)36(34,35)30-23-25-12-5-13-26-23/h5,8-15,18H,3-4,6-7H2,1-2H3,(H,25,26,30)(H,27,28,29). The molecule has 1 fully saturated rings. The van der Waals surface area contributed by atoms with Gasteiger partial charge in [-0.3, -0.25) is 4.79 Å². The monoisotopic (exact) mass is 506 g/mol. The van der Waals surface area contributed by atoms with E-state index in [1.165, 1.54) is 24.5 Å². The van der Waals surface area contributed by atoms with Gasteiger partial charge in [-0.2, -0.15) is 4.98 Å². The van der Waals surface area contributed by atoms with Crippen molar-refractivity contribution in [3.63, 3.8) is 0 Å². The minimum absolute atomic E-state index is 0.00112. The topological polar surface area (TPSA) is 135 Å². The molecule has 0 saturated heterocycles. The summed E-state index contributed by atoms with van der Waals surface area (Å²) in [6, 6.07) is 9.87. The Kier molecular flexibility index (Phi) is 6.27. The van der Waals surface area contributed by atoms with Crippen molar-refractivity contribution in [3.05, 3.63) is 60.7 Å². The summed E-state index contributed by atoms with van der Waals surface area (Å²) in [6.45, 7) is 0. The van der Waals surface area contributed by atoms with Gasteiger partial charge in [-0.05, 0) is 49.2 Å². The zero-order valence-electron chi connectivity index (χ0n) is 19.9. The van der Waals surface area contributed by atoms with E-state index >= 15 is 0 Å². The molecule has 0 spiro atoms. The van der Waals surface area contributed by atoms with Crippen molar-refractivity contribution >= 4 is 44.5 Å². The first-order valence-corrected chi connectivity index (χ1v) is 13.1. The van der Waals surface area contributed by atoms with E-state index < -0.39 is 10.0 Å². The first kappa shape index (κ1) is 23.7. The van der Waals surface area contributed by atoms with Crippen molar-refractivity contribution in [2.75, 3.05) is 24.1 Å². The Bertz CT molecular complexity index is 1500. The van der Waals surface area contributed by atoms with Crippen LogP contribution in [-0.2, 0) is 10.0 Å². The second-order valence-corrected chi connectivity index (χ2v) is 10.5. The van der Waals surface area contributed by atoms with E-state index in [1.807, 2.05) is 10.6 Å². The lowest BCUT2D eigenvalue weighted by molar-refractivity contribution is 0.0815. The van der Waals surface area contributed by atoms with Gasteiger partial charge in [-0.15, -0.1) is 0 Å². The number of benzene rings is 1. The fourth-order valence-corrected chi connectivity index (χ4v) is 5.33. The number of anilines is 3. The van der Waals surface area contributed by atoms with Gasteiger partial charge in [-0.25, -0.2) is 28.1 Å². The summed E-state index contributed by atoms with van der Waals surface area (Å²) in [5.41, 5.74) is 1.93. The fraction of sp³-hybridized carbons (Fsp3) is 0.292. The summed E-state index contributed by atoms with van der Waals surface area (Å²) < 4.78 is 29.6. The zero-order chi connectivity index (χ0) is 25.3. The van der Waals surface area contributed by atoms with E-state index in [4.69, 9.17) is 4.98 Å². The molecule has 1 aromatic carbocycles. The summed E-state index contributed by atoms with van der Waals surface area (Å²) in [5, 5.41) is 3.93. The SMILES string of the molecule is CN(C)C(=O)c1cc2cnc(Nc3ccc(S(=O)(=O)Nc4ncccn4)cc3)nc2n1C1CCCC1. The van der Waals surface area contributed by atoms with Gasteiger partial charge in [-0.1, -0.05) is 12.8 Å². The highest BCUT2D eigenvalue weighted by Gasteiger charge is 2.26. The van der Waals surface area contributed by atoms with Crippen molar-refractivity contribution in [2.45, 2.75) is 36.6 Å². The van der Waals surface area contributed by atoms with E-state index in [2.05, 4.69) is 25.0 Å². The Morgan fingerprint density at radius 3 is 2.39 bits per heavy atom. The summed E-state index contributed by atoms with van der Waals surface area (Å²) >= 11 is 0. The molecule has 1 aliphatic rings. The van der Waals surface area contributed by atoms with Gasteiger partial charge >= 0.3 is 0 Å².